The van der Waals surface area contributed by atoms with Gasteiger partial charge in [0.25, 0.3) is 0 Å². The van der Waals surface area contributed by atoms with Crippen LogP contribution in [0.15, 0.2) is 65.8 Å². The van der Waals surface area contributed by atoms with E-state index in [1.165, 1.54) is 18.2 Å². The summed E-state index contributed by atoms with van der Waals surface area (Å²) >= 11 is 0. The van der Waals surface area contributed by atoms with Crippen molar-refractivity contribution in [3.63, 3.8) is 0 Å². The van der Waals surface area contributed by atoms with Gasteiger partial charge in [-0.3, -0.25) is 4.79 Å². The summed E-state index contributed by atoms with van der Waals surface area (Å²) in [5.74, 6) is -5.72. The molecule has 0 aliphatic heterocycles. The molecular weight excluding hydrogens is 450 g/mol. The average molecular weight is 477 g/mol. The van der Waals surface area contributed by atoms with E-state index in [4.69, 9.17) is 0 Å². The molecule has 18 N–H and O–H groups in total. The van der Waals surface area contributed by atoms with Crippen LogP contribution >= 0.6 is 0 Å². The van der Waals surface area contributed by atoms with E-state index in [9.17, 15) is 44.7 Å². The topological polar surface area (TPSA) is 283 Å². The summed E-state index contributed by atoms with van der Waals surface area (Å²) in [6.07, 6.45) is 3.65. The molecule has 2 aromatic carbocycles. The van der Waals surface area contributed by atoms with Gasteiger partial charge in [-0.1, -0.05) is 12.1 Å². The predicted molar refractivity (Wildman–Crippen MR) is 126 cm³/mol. The smallest absolute Gasteiger partial charge is 0.354 e. The van der Waals surface area contributed by atoms with Gasteiger partial charge in [0.05, 0.1) is 0 Å². The molecule has 0 saturated heterocycles. The van der Waals surface area contributed by atoms with Crippen molar-refractivity contribution in [3.8, 4) is 11.5 Å². The van der Waals surface area contributed by atoms with Crippen molar-refractivity contribution in [2.24, 2.45) is 0 Å². The van der Waals surface area contributed by atoms with Crippen molar-refractivity contribution in [3.05, 3.63) is 88.0 Å². The van der Waals surface area contributed by atoms with Crippen LogP contribution in [-0.2, 0) is 4.79 Å². The number of benzene rings is 2. The zero-order valence-electron chi connectivity index (χ0n) is 18.6. The molecule has 0 aromatic heterocycles. The Kier molecular flexibility index (Phi) is 9.62. The number of aromatic carboxylic acids is 2. The number of rotatable bonds is 5. The Bertz CT molecular complexity index is 1190. The van der Waals surface area contributed by atoms with Crippen LogP contribution in [0, 0.1) is 0 Å². The Morgan fingerprint density at radius 3 is 1.50 bits per heavy atom. The Balaban J connectivity index is 0.00000363. The summed E-state index contributed by atoms with van der Waals surface area (Å²) in [7, 11) is 0. The molecule has 1 aliphatic carbocycles. The second-order valence-electron chi connectivity index (χ2n) is 6.49. The first-order chi connectivity index (χ1) is 14.6. The number of hydrogen-bond donors (Lipinski definition) is 8. The highest BCUT2D eigenvalue weighted by atomic mass is 16.4. The first-order valence-electron chi connectivity index (χ1n) is 8.67. The van der Waals surface area contributed by atoms with Crippen LogP contribution in [0.25, 0.3) is 5.57 Å². The maximum absolute atomic E-state index is 11.5. The number of aromatic hydroxyl groups is 2. The van der Waals surface area contributed by atoms with E-state index in [0.29, 0.717) is 0 Å². The van der Waals surface area contributed by atoms with Crippen molar-refractivity contribution in [2.45, 2.75) is 0 Å². The lowest BCUT2D eigenvalue weighted by Gasteiger charge is -2.16. The molecule has 0 amide bonds. The van der Waals surface area contributed by atoms with Crippen LogP contribution in [0.1, 0.15) is 31.8 Å². The third-order valence-electron chi connectivity index (χ3n) is 4.55. The van der Waals surface area contributed by atoms with Gasteiger partial charge >= 0.3 is 23.7 Å². The number of carbonyl (C=O) groups excluding carboxylic acids is 1. The fourth-order valence-electron chi connectivity index (χ4n) is 3.09. The van der Waals surface area contributed by atoms with E-state index < -0.39 is 51.9 Å². The lowest BCUT2D eigenvalue weighted by atomic mass is 9.87. The molecule has 12 nitrogen and oxygen atoms in total. The highest BCUT2D eigenvalue weighted by Gasteiger charge is 2.26. The van der Waals surface area contributed by atoms with E-state index in [1.54, 1.807) is 0 Å². The molecule has 1 aliphatic rings. The molecule has 2 aromatic rings. The third kappa shape index (κ3) is 5.52. The molecule has 0 heterocycles. The van der Waals surface area contributed by atoms with Gasteiger partial charge in [0.1, 0.15) is 22.6 Å². The van der Waals surface area contributed by atoms with Gasteiger partial charge in [0.2, 0.25) is 0 Å². The molecule has 0 atom stereocenters. The SMILES string of the molecule is O=C(O)C1=CC(=C(c2ccc(O)c(C(=O)O)c2)c2ccc(O)c(C(=O)O)c2)C=CC1=[OH+].[NH4+].[NH4+].[NH4+]. The fraction of sp³-hybridized carbons (Fsp3) is 0. The second-order valence-corrected chi connectivity index (χ2v) is 6.49. The van der Waals surface area contributed by atoms with Gasteiger partial charge in [-0.05, 0) is 58.7 Å². The van der Waals surface area contributed by atoms with Crippen molar-refractivity contribution < 1.29 is 44.7 Å². The van der Waals surface area contributed by atoms with Gasteiger partial charge in [-0.15, -0.1) is 0 Å². The van der Waals surface area contributed by atoms with E-state index in [-0.39, 0.29) is 40.7 Å². The Morgan fingerprint density at radius 1 is 0.676 bits per heavy atom. The summed E-state index contributed by atoms with van der Waals surface area (Å²) in [5.41, 5.74) is -0.399. The molecule has 3 rings (SSSR count). The van der Waals surface area contributed by atoms with Crippen LogP contribution in [-0.4, -0.2) is 54.0 Å². The maximum Gasteiger partial charge on any atom is 0.354 e. The number of quaternary nitrogens is 3. The van der Waals surface area contributed by atoms with Gasteiger partial charge in [0.15, 0.2) is 5.57 Å². The van der Waals surface area contributed by atoms with Gasteiger partial charge in [0, 0.05) is 6.08 Å². The van der Waals surface area contributed by atoms with Crippen LogP contribution in [0.2, 0.25) is 0 Å². The van der Waals surface area contributed by atoms with Gasteiger partial charge < -0.3 is 44.0 Å². The summed E-state index contributed by atoms with van der Waals surface area (Å²) in [6.45, 7) is 0. The number of allylic oxidation sites excluding steroid dienone is 4. The normalized spacial score (nSPS) is 11.8. The minimum absolute atomic E-state index is 0. The molecule has 180 valence electrons. The largest absolute Gasteiger partial charge is 0.507 e. The number of carbonyl (C=O) groups is 3. The van der Waals surface area contributed by atoms with Crippen molar-refractivity contribution in [2.75, 3.05) is 0 Å². The predicted octanol–water partition coefficient (Wildman–Crippen LogP) is 3.55. The number of carboxylic acid groups (broad SMARTS) is 3. The molecular formula is C22H27N3O9+4. The second kappa shape index (κ2) is 11.2. The maximum atomic E-state index is 11.5. The Labute approximate surface area is 192 Å². The van der Waals surface area contributed by atoms with Crippen LogP contribution in [0.3, 0.4) is 0 Å². The fourth-order valence-corrected chi connectivity index (χ4v) is 3.09. The number of ketones is 1. The molecule has 0 saturated carbocycles. The number of aliphatic carboxylic acids is 1. The number of carboxylic acids is 3. The van der Waals surface area contributed by atoms with Crippen molar-refractivity contribution in [1.82, 2.24) is 18.5 Å². The number of phenols is 2. The van der Waals surface area contributed by atoms with Crippen LogP contribution in [0.5, 0.6) is 11.5 Å². The number of hydrogen-bond acceptors (Lipinski definition) is 5. The molecule has 12 heteroatoms. The molecule has 0 unspecified atom stereocenters. The van der Waals surface area contributed by atoms with Gasteiger partial charge in [-0.2, -0.15) is 0 Å². The van der Waals surface area contributed by atoms with E-state index >= 15 is 0 Å². The van der Waals surface area contributed by atoms with Crippen LogP contribution < -0.4 is 18.5 Å². The van der Waals surface area contributed by atoms with E-state index in [2.05, 4.69) is 0 Å². The van der Waals surface area contributed by atoms with Crippen molar-refractivity contribution in [1.29, 1.82) is 0 Å². The first kappa shape index (κ1) is 29.2. The molecule has 0 fully saturated rings. The highest BCUT2D eigenvalue weighted by molar-refractivity contribution is 6.23. The quantitative estimate of drug-likeness (QED) is 0.232. The third-order valence-corrected chi connectivity index (χ3v) is 4.55. The summed E-state index contributed by atoms with van der Waals surface area (Å²) in [4.78, 5) is 44.2. The lowest BCUT2D eigenvalue weighted by molar-refractivity contribution is -0.132. The Morgan fingerprint density at radius 2 is 1.12 bits per heavy atom. The zero-order valence-corrected chi connectivity index (χ0v) is 18.6. The molecule has 0 spiro atoms. The average Bonchev–Trinajstić information content (AvgIpc) is 2.71. The first-order valence-corrected chi connectivity index (χ1v) is 8.67. The van der Waals surface area contributed by atoms with E-state index in [1.807, 2.05) is 0 Å². The summed E-state index contributed by atoms with van der Waals surface area (Å²) < 4.78 is 0. The highest BCUT2D eigenvalue weighted by Crippen LogP contribution is 2.35. The molecule has 0 radical (unpaired) electrons. The molecule has 34 heavy (non-hydrogen) atoms. The minimum Gasteiger partial charge on any atom is -0.507 e. The summed E-state index contributed by atoms with van der Waals surface area (Å²) in [5, 5.41) is 47.6. The standard InChI is InChI=1S/C22H14O9.3H3N/c23-16-4-1-10(7-13(16)20(26)27)19(11-2-5-17(24)14(8-11)21(28)29)12-3-6-18(25)15(9-12)22(30)31;;;/h1-9,23-24H,(H,26,27)(H,28,29)(H,30,31);3*1H3/p+4. The van der Waals surface area contributed by atoms with E-state index in [0.717, 1.165) is 36.4 Å². The monoisotopic (exact) mass is 477 g/mol. The molecule has 0 bridgehead atoms. The zero-order chi connectivity index (χ0) is 22.9. The Hall–Kier alpha value is -4.78. The lowest BCUT2D eigenvalue weighted by Crippen LogP contribution is -2.13. The van der Waals surface area contributed by atoms with Crippen molar-refractivity contribution >= 4 is 29.3 Å². The van der Waals surface area contributed by atoms with Gasteiger partial charge in [-0.25, -0.2) is 14.4 Å². The van der Waals surface area contributed by atoms with Crippen LogP contribution in [0.4, 0.5) is 0 Å². The summed E-state index contributed by atoms with van der Waals surface area (Å²) in [6, 6.07) is 7.31. The minimum atomic E-state index is -1.41.